The average Bonchev–Trinajstić information content (AvgIpc) is 2.27. The summed E-state index contributed by atoms with van der Waals surface area (Å²) in [6.07, 6.45) is 2.17. The summed E-state index contributed by atoms with van der Waals surface area (Å²) in [7, 11) is 0. The summed E-state index contributed by atoms with van der Waals surface area (Å²) >= 11 is 0. The fourth-order valence-electron chi connectivity index (χ4n) is 2.36. The van der Waals surface area contributed by atoms with E-state index >= 15 is 0 Å². The molecule has 0 aromatic carbocycles. The SMILES string of the molecule is CCN1CCC(NC(=O)C(C)=C2CNC2)CC1. The van der Waals surface area contributed by atoms with E-state index in [2.05, 4.69) is 22.5 Å². The number of rotatable bonds is 3. The number of hydrogen-bond acceptors (Lipinski definition) is 3. The van der Waals surface area contributed by atoms with Crippen LogP contribution in [0, 0.1) is 0 Å². The first-order chi connectivity index (χ1) is 8.20. The fourth-order valence-corrected chi connectivity index (χ4v) is 2.36. The van der Waals surface area contributed by atoms with Gasteiger partial charge in [0.2, 0.25) is 5.91 Å². The minimum atomic E-state index is 0.136. The monoisotopic (exact) mass is 237 g/mol. The Balaban J connectivity index is 1.80. The highest BCUT2D eigenvalue weighted by atomic mass is 16.1. The molecule has 2 rings (SSSR count). The van der Waals surface area contributed by atoms with Crippen LogP contribution >= 0.6 is 0 Å². The molecule has 2 saturated heterocycles. The molecule has 0 atom stereocenters. The van der Waals surface area contributed by atoms with E-state index in [1.807, 2.05) is 6.92 Å². The zero-order valence-electron chi connectivity index (χ0n) is 10.9. The third-order valence-electron chi connectivity index (χ3n) is 3.92. The molecule has 4 heteroatoms. The van der Waals surface area contributed by atoms with E-state index in [9.17, 15) is 4.79 Å². The van der Waals surface area contributed by atoms with Crippen LogP contribution in [-0.2, 0) is 4.79 Å². The minimum absolute atomic E-state index is 0.136. The van der Waals surface area contributed by atoms with Crippen LogP contribution in [0.15, 0.2) is 11.1 Å². The molecule has 96 valence electrons. The first-order valence-corrected chi connectivity index (χ1v) is 6.63. The molecule has 2 aliphatic rings. The molecule has 0 unspecified atom stereocenters. The molecule has 2 N–H and O–H groups in total. The molecule has 0 spiro atoms. The molecule has 0 radical (unpaired) electrons. The second-order valence-electron chi connectivity index (χ2n) is 5.01. The van der Waals surface area contributed by atoms with Gasteiger partial charge in [0.25, 0.3) is 0 Å². The van der Waals surface area contributed by atoms with Crippen molar-refractivity contribution >= 4 is 5.91 Å². The van der Waals surface area contributed by atoms with E-state index in [1.165, 1.54) is 5.57 Å². The van der Waals surface area contributed by atoms with Crippen molar-refractivity contribution in [2.45, 2.75) is 32.7 Å². The Labute approximate surface area is 103 Å². The van der Waals surface area contributed by atoms with E-state index in [0.29, 0.717) is 6.04 Å². The van der Waals surface area contributed by atoms with Crippen LogP contribution in [0.3, 0.4) is 0 Å². The van der Waals surface area contributed by atoms with E-state index in [1.54, 1.807) is 0 Å². The number of hydrogen-bond donors (Lipinski definition) is 2. The third-order valence-corrected chi connectivity index (χ3v) is 3.92. The predicted molar refractivity (Wildman–Crippen MR) is 68.8 cm³/mol. The summed E-state index contributed by atoms with van der Waals surface area (Å²) in [5.74, 6) is 0.136. The summed E-state index contributed by atoms with van der Waals surface area (Å²) in [4.78, 5) is 14.4. The van der Waals surface area contributed by atoms with Crippen LogP contribution in [0.4, 0.5) is 0 Å². The maximum absolute atomic E-state index is 12.0. The Bertz CT molecular complexity index is 311. The van der Waals surface area contributed by atoms with Gasteiger partial charge in [-0.25, -0.2) is 0 Å². The normalized spacial score (nSPS) is 22.1. The predicted octanol–water partition coefficient (Wildman–Crippen LogP) is 0.507. The molecule has 0 bridgehead atoms. The largest absolute Gasteiger partial charge is 0.349 e. The molecule has 2 heterocycles. The van der Waals surface area contributed by atoms with Crippen molar-refractivity contribution in [3.05, 3.63) is 11.1 Å². The molecule has 0 aliphatic carbocycles. The molecular weight excluding hydrogens is 214 g/mol. The van der Waals surface area contributed by atoms with Crippen molar-refractivity contribution in [3.8, 4) is 0 Å². The highest BCUT2D eigenvalue weighted by Crippen LogP contribution is 2.13. The first kappa shape index (κ1) is 12.6. The number of carbonyl (C=O) groups excluding carboxylic acids is 1. The number of piperidine rings is 1. The second-order valence-corrected chi connectivity index (χ2v) is 5.01. The van der Waals surface area contributed by atoms with Crippen LogP contribution in [0.2, 0.25) is 0 Å². The van der Waals surface area contributed by atoms with Gasteiger partial charge >= 0.3 is 0 Å². The van der Waals surface area contributed by atoms with Gasteiger partial charge < -0.3 is 15.5 Å². The number of nitrogens with one attached hydrogen (secondary N) is 2. The van der Waals surface area contributed by atoms with Gasteiger partial charge in [0.05, 0.1) is 0 Å². The lowest BCUT2D eigenvalue weighted by Crippen LogP contribution is -2.45. The molecule has 4 nitrogen and oxygen atoms in total. The van der Waals surface area contributed by atoms with Gasteiger partial charge in [-0.05, 0) is 31.9 Å². The van der Waals surface area contributed by atoms with Crippen molar-refractivity contribution in [1.29, 1.82) is 0 Å². The zero-order chi connectivity index (χ0) is 12.3. The summed E-state index contributed by atoms with van der Waals surface area (Å²) in [6, 6.07) is 0.369. The molecule has 0 aromatic heterocycles. The number of amides is 1. The Hall–Kier alpha value is -0.870. The minimum Gasteiger partial charge on any atom is -0.349 e. The van der Waals surface area contributed by atoms with Gasteiger partial charge in [-0.3, -0.25) is 4.79 Å². The molecule has 2 aliphatic heterocycles. The highest BCUT2D eigenvalue weighted by Gasteiger charge is 2.22. The number of carbonyl (C=O) groups is 1. The van der Waals surface area contributed by atoms with Crippen molar-refractivity contribution < 1.29 is 4.79 Å². The summed E-state index contributed by atoms with van der Waals surface area (Å²) < 4.78 is 0. The summed E-state index contributed by atoms with van der Waals surface area (Å²) in [5.41, 5.74) is 2.18. The van der Waals surface area contributed by atoms with Crippen LogP contribution in [0.5, 0.6) is 0 Å². The van der Waals surface area contributed by atoms with Crippen molar-refractivity contribution in [3.63, 3.8) is 0 Å². The van der Waals surface area contributed by atoms with Gasteiger partial charge in [-0.1, -0.05) is 6.92 Å². The number of nitrogens with zero attached hydrogens (tertiary/aromatic N) is 1. The van der Waals surface area contributed by atoms with Gasteiger partial charge in [-0.15, -0.1) is 0 Å². The van der Waals surface area contributed by atoms with Gasteiger partial charge in [0.15, 0.2) is 0 Å². The topological polar surface area (TPSA) is 44.4 Å². The quantitative estimate of drug-likeness (QED) is 0.703. The lowest BCUT2D eigenvalue weighted by molar-refractivity contribution is -0.118. The van der Waals surface area contributed by atoms with Crippen molar-refractivity contribution in [2.75, 3.05) is 32.7 Å². The number of likely N-dealkylation sites (tertiary alicyclic amines) is 1. The smallest absolute Gasteiger partial charge is 0.247 e. The Morgan fingerprint density at radius 1 is 1.41 bits per heavy atom. The second kappa shape index (κ2) is 5.65. The molecule has 0 aromatic rings. The van der Waals surface area contributed by atoms with Crippen LogP contribution in [0.1, 0.15) is 26.7 Å². The molecule has 2 fully saturated rings. The Morgan fingerprint density at radius 2 is 2.06 bits per heavy atom. The zero-order valence-corrected chi connectivity index (χ0v) is 10.9. The van der Waals surface area contributed by atoms with Crippen molar-refractivity contribution in [1.82, 2.24) is 15.5 Å². The van der Waals surface area contributed by atoms with Crippen LogP contribution in [0.25, 0.3) is 0 Å². The average molecular weight is 237 g/mol. The maximum Gasteiger partial charge on any atom is 0.247 e. The van der Waals surface area contributed by atoms with E-state index in [4.69, 9.17) is 0 Å². The summed E-state index contributed by atoms with van der Waals surface area (Å²) in [6.45, 7) is 9.23. The van der Waals surface area contributed by atoms with E-state index < -0.39 is 0 Å². The highest BCUT2D eigenvalue weighted by molar-refractivity contribution is 5.94. The standard InChI is InChI=1S/C13H23N3O/c1-3-16-6-4-12(5-7-16)15-13(17)10(2)11-8-14-9-11/h12,14H,3-9H2,1-2H3,(H,15,17). The van der Waals surface area contributed by atoms with E-state index in [0.717, 1.165) is 51.1 Å². The third kappa shape index (κ3) is 3.07. The molecule has 17 heavy (non-hydrogen) atoms. The van der Waals surface area contributed by atoms with Gasteiger partial charge in [0, 0.05) is 37.8 Å². The van der Waals surface area contributed by atoms with Gasteiger partial charge in [0.1, 0.15) is 0 Å². The lowest BCUT2D eigenvalue weighted by atomic mass is 10.0. The van der Waals surface area contributed by atoms with Crippen LogP contribution < -0.4 is 10.6 Å². The molecular formula is C13H23N3O. The summed E-state index contributed by atoms with van der Waals surface area (Å²) in [5, 5.41) is 6.33. The van der Waals surface area contributed by atoms with Crippen molar-refractivity contribution in [2.24, 2.45) is 0 Å². The molecule has 0 saturated carbocycles. The Morgan fingerprint density at radius 3 is 2.53 bits per heavy atom. The van der Waals surface area contributed by atoms with E-state index in [-0.39, 0.29) is 5.91 Å². The first-order valence-electron chi connectivity index (χ1n) is 6.63. The van der Waals surface area contributed by atoms with Gasteiger partial charge in [-0.2, -0.15) is 0 Å². The maximum atomic E-state index is 12.0. The molecule has 1 amide bonds. The Kier molecular flexibility index (Phi) is 4.18. The van der Waals surface area contributed by atoms with Crippen LogP contribution in [-0.4, -0.2) is 49.6 Å². The lowest BCUT2D eigenvalue weighted by Gasteiger charge is -2.32. The fraction of sp³-hybridized carbons (Fsp3) is 0.769.